The number of ether oxygens (including phenoxy) is 1. The number of hydrogen-bond donors (Lipinski definition) is 2. The number of hydrogen-bond acceptors (Lipinski definition) is 4. The first-order chi connectivity index (χ1) is 7.79. The third-order valence-corrected chi connectivity index (χ3v) is 4.09. The Labute approximate surface area is 98.5 Å². The van der Waals surface area contributed by atoms with Gasteiger partial charge in [0.15, 0.2) is 0 Å². The molecule has 94 valence electrons. The summed E-state index contributed by atoms with van der Waals surface area (Å²) in [5, 5.41) is 3.39. The van der Waals surface area contributed by atoms with Crippen molar-refractivity contribution < 1.29 is 4.74 Å². The van der Waals surface area contributed by atoms with Crippen LogP contribution in [-0.4, -0.2) is 56.4 Å². The summed E-state index contributed by atoms with van der Waals surface area (Å²) >= 11 is 0. The number of nitrogens with one attached hydrogen (secondary N) is 1. The largest absolute Gasteiger partial charge is 0.381 e. The van der Waals surface area contributed by atoms with E-state index in [1.165, 1.54) is 0 Å². The summed E-state index contributed by atoms with van der Waals surface area (Å²) < 4.78 is 5.40. The molecule has 0 aromatic heterocycles. The lowest BCUT2D eigenvalue weighted by molar-refractivity contribution is 0.0416. The van der Waals surface area contributed by atoms with Gasteiger partial charge in [-0.05, 0) is 25.7 Å². The van der Waals surface area contributed by atoms with Crippen LogP contribution >= 0.6 is 0 Å². The zero-order valence-electron chi connectivity index (χ0n) is 10.3. The fourth-order valence-corrected chi connectivity index (χ4v) is 2.83. The Balaban J connectivity index is 1.84. The summed E-state index contributed by atoms with van der Waals surface area (Å²) in [7, 11) is 0. The van der Waals surface area contributed by atoms with E-state index in [-0.39, 0.29) is 0 Å². The number of piperazine rings is 1. The molecule has 4 nitrogen and oxygen atoms in total. The van der Waals surface area contributed by atoms with E-state index >= 15 is 0 Å². The molecular weight excluding hydrogens is 202 g/mol. The van der Waals surface area contributed by atoms with Crippen molar-refractivity contribution in [3.05, 3.63) is 0 Å². The Bertz CT molecular complexity index is 178. The monoisotopic (exact) mass is 227 g/mol. The van der Waals surface area contributed by atoms with E-state index in [9.17, 15) is 0 Å². The van der Waals surface area contributed by atoms with Crippen LogP contribution in [0.2, 0.25) is 0 Å². The Kier molecular flexibility index (Phi) is 4.58. The fraction of sp³-hybridized carbons (Fsp3) is 1.00. The van der Waals surface area contributed by atoms with Gasteiger partial charge >= 0.3 is 0 Å². The van der Waals surface area contributed by atoms with Crippen molar-refractivity contribution in [2.45, 2.75) is 31.8 Å². The van der Waals surface area contributed by atoms with E-state index in [1.54, 1.807) is 0 Å². The van der Waals surface area contributed by atoms with Crippen molar-refractivity contribution >= 4 is 0 Å². The molecule has 4 heteroatoms. The van der Waals surface area contributed by atoms with Crippen molar-refractivity contribution in [2.24, 2.45) is 11.7 Å². The van der Waals surface area contributed by atoms with Crippen molar-refractivity contribution in [2.75, 3.05) is 39.4 Å². The highest BCUT2D eigenvalue weighted by molar-refractivity contribution is 4.87. The molecule has 2 saturated heterocycles. The topological polar surface area (TPSA) is 50.5 Å². The van der Waals surface area contributed by atoms with Gasteiger partial charge in [0.2, 0.25) is 0 Å². The molecule has 0 radical (unpaired) electrons. The highest BCUT2D eigenvalue weighted by Gasteiger charge is 2.29. The molecule has 2 fully saturated rings. The molecule has 2 rings (SSSR count). The van der Waals surface area contributed by atoms with E-state index in [1.807, 2.05) is 0 Å². The zero-order chi connectivity index (χ0) is 11.4. The minimum absolute atomic E-state index is 0.307. The second-order valence-electron chi connectivity index (χ2n) is 5.05. The Morgan fingerprint density at radius 1 is 1.25 bits per heavy atom. The molecule has 2 heterocycles. The standard InChI is InChI=1S/C12H25N3O/c1-10(15-6-4-14-5-7-15)12(13)11-2-8-16-9-3-11/h10-12,14H,2-9,13H2,1H3. The highest BCUT2D eigenvalue weighted by atomic mass is 16.5. The molecule has 0 aromatic carbocycles. The smallest absolute Gasteiger partial charge is 0.0469 e. The molecule has 0 spiro atoms. The summed E-state index contributed by atoms with van der Waals surface area (Å²) in [6.07, 6.45) is 2.27. The van der Waals surface area contributed by atoms with Gasteiger partial charge in [-0.2, -0.15) is 0 Å². The predicted octanol–water partition coefficient (Wildman–Crippen LogP) is 0.0340. The minimum atomic E-state index is 0.307. The normalized spacial score (nSPS) is 28.9. The third-order valence-electron chi connectivity index (χ3n) is 4.09. The predicted molar refractivity (Wildman–Crippen MR) is 65.4 cm³/mol. The lowest BCUT2D eigenvalue weighted by atomic mass is 9.87. The van der Waals surface area contributed by atoms with E-state index in [0.717, 1.165) is 52.2 Å². The molecule has 3 N–H and O–H groups in total. The molecule has 16 heavy (non-hydrogen) atoms. The van der Waals surface area contributed by atoms with Crippen LogP contribution < -0.4 is 11.1 Å². The van der Waals surface area contributed by atoms with Gasteiger partial charge in [0.1, 0.15) is 0 Å². The second kappa shape index (κ2) is 5.96. The summed E-state index contributed by atoms with van der Waals surface area (Å²) in [6.45, 7) is 8.55. The van der Waals surface area contributed by atoms with Gasteiger partial charge in [0.25, 0.3) is 0 Å². The van der Waals surface area contributed by atoms with E-state index in [0.29, 0.717) is 18.0 Å². The minimum Gasteiger partial charge on any atom is -0.381 e. The molecule has 2 aliphatic heterocycles. The van der Waals surface area contributed by atoms with Crippen molar-refractivity contribution in [1.29, 1.82) is 0 Å². The average molecular weight is 227 g/mol. The second-order valence-corrected chi connectivity index (χ2v) is 5.05. The van der Waals surface area contributed by atoms with Crippen molar-refractivity contribution in [3.8, 4) is 0 Å². The molecule has 0 aromatic rings. The average Bonchev–Trinajstić information content (AvgIpc) is 2.39. The lowest BCUT2D eigenvalue weighted by Gasteiger charge is -2.39. The molecule has 2 atom stereocenters. The first kappa shape index (κ1) is 12.3. The van der Waals surface area contributed by atoms with Gasteiger partial charge in [-0.25, -0.2) is 0 Å². The van der Waals surface area contributed by atoms with Gasteiger partial charge in [0, 0.05) is 51.5 Å². The first-order valence-electron chi connectivity index (χ1n) is 6.57. The maximum Gasteiger partial charge on any atom is 0.0469 e. The first-order valence-corrected chi connectivity index (χ1v) is 6.57. The summed E-state index contributed by atoms with van der Waals surface area (Å²) in [5.41, 5.74) is 6.41. The molecule has 0 bridgehead atoms. The van der Waals surface area contributed by atoms with Crippen LogP contribution in [0.15, 0.2) is 0 Å². The molecule has 0 saturated carbocycles. The van der Waals surface area contributed by atoms with Crippen molar-refractivity contribution in [3.63, 3.8) is 0 Å². The van der Waals surface area contributed by atoms with Crippen LogP contribution in [-0.2, 0) is 4.74 Å². The van der Waals surface area contributed by atoms with Gasteiger partial charge < -0.3 is 15.8 Å². The van der Waals surface area contributed by atoms with Gasteiger partial charge in [-0.15, -0.1) is 0 Å². The SMILES string of the molecule is CC(C(N)C1CCOCC1)N1CCNCC1. The Hall–Kier alpha value is -0.160. The van der Waals surface area contributed by atoms with E-state index in [2.05, 4.69) is 17.1 Å². The number of nitrogens with zero attached hydrogens (tertiary/aromatic N) is 1. The quantitative estimate of drug-likeness (QED) is 0.714. The summed E-state index contributed by atoms with van der Waals surface area (Å²) in [6, 6.07) is 0.812. The van der Waals surface area contributed by atoms with Gasteiger partial charge in [-0.3, -0.25) is 4.90 Å². The number of rotatable bonds is 3. The molecule has 2 aliphatic rings. The van der Waals surface area contributed by atoms with Gasteiger partial charge in [0.05, 0.1) is 0 Å². The van der Waals surface area contributed by atoms with E-state index in [4.69, 9.17) is 10.5 Å². The van der Waals surface area contributed by atoms with Crippen LogP contribution in [0.25, 0.3) is 0 Å². The fourth-order valence-electron chi connectivity index (χ4n) is 2.83. The maximum atomic E-state index is 6.41. The molecular formula is C12H25N3O. The molecule has 0 amide bonds. The summed E-state index contributed by atoms with van der Waals surface area (Å²) in [4.78, 5) is 2.52. The Morgan fingerprint density at radius 3 is 2.50 bits per heavy atom. The van der Waals surface area contributed by atoms with Crippen LogP contribution in [0.1, 0.15) is 19.8 Å². The highest BCUT2D eigenvalue weighted by Crippen LogP contribution is 2.21. The van der Waals surface area contributed by atoms with Crippen molar-refractivity contribution in [1.82, 2.24) is 10.2 Å². The number of nitrogens with two attached hydrogens (primary N) is 1. The molecule has 2 unspecified atom stereocenters. The van der Waals surface area contributed by atoms with Crippen LogP contribution in [0.5, 0.6) is 0 Å². The lowest BCUT2D eigenvalue weighted by Crippen LogP contribution is -2.55. The maximum absolute atomic E-state index is 6.41. The van der Waals surface area contributed by atoms with E-state index < -0.39 is 0 Å². The van der Waals surface area contributed by atoms with Crippen LogP contribution in [0.3, 0.4) is 0 Å². The molecule has 0 aliphatic carbocycles. The third kappa shape index (κ3) is 2.94. The van der Waals surface area contributed by atoms with Crippen LogP contribution in [0.4, 0.5) is 0 Å². The zero-order valence-corrected chi connectivity index (χ0v) is 10.3. The van der Waals surface area contributed by atoms with Crippen LogP contribution in [0, 0.1) is 5.92 Å². The summed E-state index contributed by atoms with van der Waals surface area (Å²) in [5.74, 6) is 0.652. The van der Waals surface area contributed by atoms with Gasteiger partial charge in [-0.1, -0.05) is 0 Å². The Morgan fingerprint density at radius 2 is 1.88 bits per heavy atom.